The first kappa shape index (κ1) is 30.2. The van der Waals surface area contributed by atoms with Crippen LogP contribution in [0.5, 0.6) is 0 Å². The quantitative estimate of drug-likeness (QED) is 0.349. The summed E-state index contributed by atoms with van der Waals surface area (Å²) in [6.45, 7) is 4.44. The molecule has 0 radical (unpaired) electrons. The molecule has 6 nitrogen and oxygen atoms in total. The summed E-state index contributed by atoms with van der Waals surface area (Å²) >= 11 is 0. The van der Waals surface area contributed by atoms with Crippen molar-refractivity contribution in [2.75, 3.05) is 36.5 Å². The van der Waals surface area contributed by atoms with Crippen LogP contribution in [0.2, 0.25) is 0 Å². The lowest BCUT2D eigenvalue weighted by Gasteiger charge is -2.50. The Bertz CT molecular complexity index is 1490. The van der Waals surface area contributed by atoms with Crippen molar-refractivity contribution in [1.29, 1.82) is 0 Å². The maximum absolute atomic E-state index is 14.4. The normalized spacial score (nSPS) is 23.3. The summed E-state index contributed by atoms with van der Waals surface area (Å²) in [5, 5.41) is 3.12. The Balaban J connectivity index is 1.30. The Morgan fingerprint density at radius 2 is 1.57 bits per heavy atom. The Labute approximate surface area is 256 Å². The van der Waals surface area contributed by atoms with Crippen LogP contribution in [0.25, 0.3) is 0 Å². The van der Waals surface area contributed by atoms with Gasteiger partial charge in [-0.1, -0.05) is 36.4 Å². The molecule has 0 bridgehead atoms. The van der Waals surface area contributed by atoms with Crippen molar-refractivity contribution < 1.29 is 27.5 Å². The highest BCUT2D eigenvalue weighted by Crippen LogP contribution is 2.47. The summed E-state index contributed by atoms with van der Waals surface area (Å²) < 4.78 is 45.2. The number of hydrogen-bond acceptors (Lipinski definition) is 4. The van der Waals surface area contributed by atoms with Crippen molar-refractivity contribution in [1.82, 2.24) is 4.90 Å². The van der Waals surface area contributed by atoms with E-state index in [0.29, 0.717) is 43.2 Å². The van der Waals surface area contributed by atoms with Crippen LogP contribution >= 0.6 is 0 Å². The number of benzene rings is 3. The topological polar surface area (TPSA) is 61.9 Å². The molecule has 3 aromatic carbocycles. The fraction of sp³-hybridized carbons (Fsp3) is 0.429. The summed E-state index contributed by atoms with van der Waals surface area (Å²) in [6, 6.07) is 21.0. The number of hydrogen-bond donors (Lipinski definition) is 1. The number of anilines is 2. The van der Waals surface area contributed by atoms with Crippen LogP contribution in [0.4, 0.5) is 24.5 Å². The lowest BCUT2D eigenvalue weighted by atomic mass is 9.62. The number of carbonyl (C=O) groups is 2. The molecule has 44 heavy (non-hydrogen) atoms. The number of alkyl halides is 3. The van der Waals surface area contributed by atoms with E-state index in [1.54, 1.807) is 4.90 Å². The van der Waals surface area contributed by atoms with Gasteiger partial charge in [-0.15, -0.1) is 0 Å². The van der Waals surface area contributed by atoms with E-state index in [9.17, 15) is 22.8 Å². The molecule has 1 aliphatic heterocycles. The lowest BCUT2D eigenvalue weighted by Crippen LogP contribution is -2.61. The number of nitrogens with one attached hydrogen (secondary N) is 1. The highest BCUT2D eigenvalue weighted by molar-refractivity contribution is 6.00. The van der Waals surface area contributed by atoms with Crippen LogP contribution in [0.15, 0.2) is 72.8 Å². The van der Waals surface area contributed by atoms with Gasteiger partial charge in [0.1, 0.15) is 5.54 Å². The molecule has 1 saturated carbocycles. The molecule has 6 rings (SSSR count). The molecular weight excluding hydrogens is 567 g/mol. The third kappa shape index (κ3) is 6.20. The second kappa shape index (κ2) is 12.3. The Morgan fingerprint density at radius 1 is 0.932 bits per heavy atom. The van der Waals surface area contributed by atoms with E-state index in [4.69, 9.17) is 4.74 Å². The van der Waals surface area contributed by atoms with Gasteiger partial charge in [0.2, 0.25) is 11.8 Å². The van der Waals surface area contributed by atoms with E-state index in [1.165, 1.54) is 30.2 Å². The highest BCUT2D eigenvalue weighted by atomic mass is 19.4. The molecule has 2 amide bonds. The van der Waals surface area contributed by atoms with Gasteiger partial charge in [-0.25, -0.2) is 0 Å². The number of carbonyl (C=O) groups excluding carboxylic acids is 2. The predicted octanol–water partition coefficient (Wildman–Crippen LogP) is 6.48. The van der Waals surface area contributed by atoms with Gasteiger partial charge < -0.3 is 19.9 Å². The molecule has 1 heterocycles. The minimum atomic E-state index is -4.45. The number of rotatable bonds is 6. The Kier molecular flexibility index (Phi) is 8.42. The molecule has 9 heteroatoms. The molecule has 232 valence electrons. The standard InChI is InChI=1S/C35H38F3N3O3/c1-24(42)41(23-25-6-8-30(9-7-25)35(36,37)38)34(15-14-28-20-26-4-2-3-5-27(26)21-29(28)22-34)33(43)39-31-10-12-32(13-11-31)40-16-18-44-19-17-40/h2-13,28-29H,14-23H2,1H3,(H,39,43). The monoisotopic (exact) mass is 605 g/mol. The highest BCUT2D eigenvalue weighted by Gasteiger charge is 2.51. The average molecular weight is 606 g/mol. The van der Waals surface area contributed by atoms with Crippen molar-refractivity contribution in [2.45, 2.75) is 57.3 Å². The number of ether oxygens (including phenoxy) is 1. The zero-order valence-electron chi connectivity index (χ0n) is 24.9. The van der Waals surface area contributed by atoms with E-state index in [0.717, 1.165) is 50.2 Å². The van der Waals surface area contributed by atoms with Crippen LogP contribution in [-0.4, -0.2) is 48.6 Å². The Morgan fingerprint density at radius 3 is 2.18 bits per heavy atom. The van der Waals surface area contributed by atoms with E-state index in [1.807, 2.05) is 30.3 Å². The third-order valence-electron chi connectivity index (χ3n) is 9.72. The first-order valence-electron chi connectivity index (χ1n) is 15.4. The fourth-order valence-corrected chi connectivity index (χ4v) is 7.33. The van der Waals surface area contributed by atoms with Gasteiger partial charge >= 0.3 is 6.18 Å². The summed E-state index contributed by atoms with van der Waals surface area (Å²) in [4.78, 5) is 31.6. The number of amides is 2. The SMILES string of the molecule is CC(=O)N(Cc1ccc(C(F)(F)F)cc1)C1(C(=O)Nc2ccc(N3CCOCC3)cc2)CCC2Cc3ccccc3CC2C1. The van der Waals surface area contributed by atoms with E-state index >= 15 is 0 Å². The average Bonchev–Trinajstić information content (AvgIpc) is 3.03. The number of halogens is 3. The van der Waals surface area contributed by atoms with Gasteiger partial charge in [0.25, 0.3) is 0 Å². The van der Waals surface area contributed by atoms with Crippen molar-refractivity contribution in [3.8, 4) is 0 Å². The van der Waals surface area contributed by atoms with Gasteiger partial charge in [-0.2, -0.15) is 13.2 Å². The third-order valence-corrected chi connectivity index (χ3v) is 9.72. The minimum absolute atomic E-state index is 0.0465. The Hall–Kier alpha value is -3.85. The molecule has 1 saturated heterocycles. The van der Waals surface area contributed by atoms with Crippen molar-refractivity contribution in [2.24, 2.45) is 11.8 Å². The minimum Gasteiger partial charge on any atom is -0.378 e. The van der Waals surface area contributed by atoms with Gasteiger partial charge in [-0.05, 0) is 97.0 Å². The van der Waals surface area contributed by atoms with Gasteiger partial charge in [-0.3, -0.25) is 9.59 Å². The fourth-order valence-electron chi connectivity index (χ4n) is 7.33. The van der Waals surface area contributed by atoms with Crippen LogP contribution in [-0.2, 0) is 39.9 Å². The summed E-state index contributed by atoms with van der Waals surface area (Å²) in [5.74, 6) is 0.0643. The van der Waals surface area contributed by atoms with Gasteiger partial charge in [0, 0.05) is 37.9 Å². The smallest absolute Gasteiger partial charge is 0.378 e. The van der Waals surface area contributed by atoms with Crippen molar-refractivity contribution >= 4 is 23.2 Å². The van der Waals surface area contributed by atoms with E-state index < -0.39 is 17.3 Å². The first-order valence-corrected chi connectivity index (χ1v) is 15.4. The molecule has 3 aliphatic rings. The molecule has 0 aromatic heterocycles. The summed E-state index contributed by atoms with van der Waals surface area (Å²) in [5.41, 5.74) is 2.97. The van der Waals surface area contributed by atoms with Crippen molar-refractivity contribution in [3.63, 3.8) is 0 Å². The molecular formula is C35H38F3N3O3. The van der Waals surface area contributed by atoms with Crippen LogP contribution in [0.3, 0.4) is 0 Å². The zero-order chi connectivity index (χ0) is 30.9. The van der Waals surface area contributed by atoms with E-state index in [-0.39, 0.29) is 24.3 Å². The second-order valence-corrected chi connectivity index (χ2v) is 12.4. The van der Waals surface area contributed by atoms with Crippen LogP contribution in [0, 0.1) is 11.8 Å². The van der Waals surface area contributed by atoms with Crippen LogP contribution < -0.4 is 10.2 Å². The number of morpholine rings is 1. The summed E-state index contributed by atoms with van der Waals surface area (Å²) in [6.07, 6.45) is -0.930. The maximum atomic E-state index is 14.4. The number of fused-ring (bicyclic) bond motifs is 2. The van der Waals surface area contributed by atoms with Crippen LogP contribution in [0.1, 0.15) is 48.4 Å². The molecule has 2 fully saturated rings. The molecule has 1 N–H and O–H groups in total. The predicted molar refractivity (Wildman–Crippen MR) is 163 cm³/mol. The van der Waals surface area contributed by atoms with Crippen molar-refractivity contribution in [3.05, 3.63) is 95.1 Å². The summed E-state index contributed by atoms with van der Waals surface area (Å²) in [7, 11) is 0. The molecule has 0 spiro atoms. The number of nitrogens with zero attached hydrogens (tertiary/aromatic N) is 2. The van der Waals surface area contributed by atoms with Gasteiger partial charge in [0.15, 0.2) is 0 Å². The largest absolute Gasteiger partial charge is 0.416 e. The molecule has 2 aliphatic carbocycles. The second-order valence-electron chi connectivity index (χ2n) is 12.4. The lowest BCUT2D eigenvalue weighted by molar-refractivity contribution is -0.149. The molecule has 3 atom stereocenters. The molecule has 3 aromatic rings. The zero-order valence-corrected chi connectivity index (χ0v) is 24.9. The molecule has 3 unspecified atom stereocenters. The maximum Gasteiger partial charge on any atom is 0.416 e. The first-order chi connectivity index (χ1) is 21.1. The van der Waals surface area contributed by atoms with Gasteiger partial charge in [0.05, 0.1) is 18.8 Å². The van der Waals surface area contributed by atoms with E-state index in [2.05, 4.69) is 28.4 Å².